The summed E-state index contributed by atoms with van der Waals surface area (Å²) >= 11 is 0. The van der Waals surface area contributed by atoms with E-state index < -0.39 is 27.8 Å². The lowest BCUT2D eigenvalue weighted by Crippen LogP contribution is -2.33. The average molecular weight is 597 g/mol. The summed E-state index contributed by atoms with van der Waals surface area (Å²) in [5, 5.41) is 13.2. The number of primary sulfonamides is 1. The van der Waals surface area contributed by atoms with E-state index in [0.29, 0.717) is 47.0 Å². The molecule has 0 bridgehead atoms. The highest BCUT2D eigenvalue weighted by atomic mass is 32.2. The van der Waals surface area contributed by atoms with E-state index in [9.17, 15) is 26.4 Å². The third-order valence-electron chi connectivity index (χ3n) is 7.14. The highest BCUT2D eigenvalue weighted by Crippen LogP contribution is 2.36. The maximum absolute atomic E-state index is 14.0. The van der Waals surface area contributed by atoms with Gasteiger partial charge in [0.25, 0.3) is 5.91 Å². The lowest BCUT2D eigenvalue weighted by atomic mass is 9.99. The van der Waals surface area contributed by atoms with Crippen molar-refractivity contribution in [2.45, 2.75) is 30.3 Å². The van der Waals surface area contributed by atoms with Crippen molar-refractivity contribution in [3.05, 3.63) is 83.7 Å². The first-order valence-electron chi connectivity index (χ1n) is 12.8. The van der Waals surface area contributed by atoms with Crippen molar-refractivity contribution >= 4 is 38.4 Å². The molecule has 0 radical (unpaired) electrons. The number of carbonyl (C=O) groups excluding carboxylic acids is 1. The van der Waals surface area contributed by atoms with Gasteiger partial charge in [0.1, 0.15) is 5.69 Å². The fourth-order valence-corrected chi connectivity index (χ4v) is 5.93. The Hall–Kier alpha value is -4.69. The van der Waals surface area contributed by atoms with Crippen molar-refractivity contribution in [3.8, 4) is 16.8 Å². The van der Waals surface area contributed by atoms with E-state index in [1.807, 2.05) is 0 Å². The zero-order valence-electron chi connectivity index (χ0n) is 21.8. The number of aromatic nitrogens is 3. The molecule has 10 nitrogen and oxygen atoms in total. The molecule has 1 aliphatic heterocycles. The third kappa shape index (κ3) is 4.88. The molecule has 0 unspecified atom stereocenters. The van der Waals surface area contributed by atoms with E-state index in [2.05, 4.69) is 10.3 Å². The molecule has 1 aliphatic rings. The number of nitrogen functional groups attached to an aromatic ring is 1. The molecule has 0 saturated heterocycles. The summed E-state index contributed by atoms with van der Waals surface area (Å²) in [6.07, 6.45) is -2.94. The normalized spacial score (nSPS) is 14.1. The summed E-state index contributed by atoms with van der Waals surface area (Å²) in [6.45, 7) is 0.253. The zero-order chi connectivity index (χ0) is 29.8. The number of nitrogens with zero attached hydrogens (tertiary/aromatic N) is 4. The number of benzene rings is 3. The minimum Gasteiger partial charge on any atom is -0.380 e. The van der Waals surface area contributed by atoms with Crippen LogP contribution in [0.25, 0.3) is 27.8 Å². The number of carbonyl (C=O) groups is 1. The molecule has 14 heteroatoms. The Morgan fingerprint density at radius 3 is 2.55 bits per heavy atom. The van der Waals surface area contributed by atoms with Crippen LogP contribution in [0, 0.1) is 0 Å². The summed E-state index contributed by atoms with van der Waals surface area (Å²) in [7, 11) is -4.01. The van der Waals surface area contributed by atoms with Gasteiger partial charge in [0, 0.05) is 23.9 Å². The summed E-state index contributed by atoms with van der Waals surface area (Å²) in [5.74, 6) is -0.638. The lowest BCUT2D eigenvalue weighted by molar-refractivity contribution is -0.141. The van der Waals surface area contributed by atoms with Crippen LogP contribution in [0.2, 0.25) is 0 Å². The Kier molecular flexibility index (Phi) is 6.54. The first kappa shape index (κ1) is 27.5. The molecule has 0 atom stereocenters. The van der Waals surface area contributed by atoms with Crippen molar-refractivity contribution in [1.82, 2.24) is 14.9 Å². The number of alkyl halides is 3. The van der Waals surface area contributed by atoms with E-state index in [1.165, 1.54) is 29.2 Å². The van der Waals surface area contributed by atoms with Gasteiger partial charge in [-0.3, -0.25) is 4.79 Å². The molecule has 0 spiro atoms. The van der Waals surface area contributed by atoms with Crippen LogP contribution in [0.1, 0.15) is 34.6 Å². The Labute approximate surface area is 237 Å². The molecule has 216 valence electrons. The number of anilines is 2. The van der Waals surface area contributed by atoms with Crippen molar-refractivity contribution < 1.29 is 30.9 Å². The minimum atomic E-state index is -4.80. The number of amides is 1. The van der Waals surface area contributed by atoms with Crippen LogP contribution < -0.4 is 15.8 Å². The summed E-state index contributed by atoms with van der Waals surface area (Å²) in [5.41, 5.74) is 7.04. The number of hydrogen-bond acceptors (Lipinski definition) is 7. The topological polar surface area (TPSA) is 150 Å². The van der Waals surface area contributed by atoms with Gasteiger partial charge in [-0.25, -0.2) is 18.2 Å². The van der Waals surface area contributed by atoms with E-state index in [-0.39, 0.29) is 28.6 Å². The quantitative estimate of drug-likeness (QED) is 0.299. The molecule has 0 saturated carbocycles. The molecule has 4 N–H and O–H groups in total. The first-order chi connectivity index (χ1) is 19.9. The predicted molar refractivity (Wildman–Crippen MR) is 148 cm³/mol. The van der Waals surface area contributed by atoms with Gasteiger partial charge in [0.2, 0.25) is 10.0 Å². The maximum Gasteiger partial charge on any atom is 0.435 e. The minimum absolute atomic E-state index is 0.0412. The largest absolute Gasteiger partial charge is 0.435 e. The lowest BCUT2D eigenvalue weighted by Gasteiger charge is -2.24. The van der Waals surface area contributed by atoms with Crippen molar-refractivity contribution in [2.75, 3.05) is 17.2 Å². The number of nitrogens with two attached hydrogens (primary N) is 2. The summed E-state index contributed by atoms with van der Waals surface area (Å²) in [6, 6.07) is 16.6. The second-order valence-electron chi connectivity index (χ2n) is 9.87. The van der Waals surface area contributed by atoms with Crippen LogP contribution in [0.4, 0.5) is 24.7 Å². The Balaban J connectivity index is 1.45. The van der Waals surface area contributed by atoms with Gasteiger partial charge in [-0.2, -0.15) is 18.3 Å². The highest BCUT2D eigenvalue weighted by molar-refractivity contribution is 7.89. The number of rotatable bonds is 4. The van der Waals surface area contributed by atoms with Crippen molar-refractivity contribution in [2.24, 2.45) is 5.14 Å². The van der Waals surface area contributed by atoms with Gasteiger partial charge < -0.3 is 15.2 Å². The van der Waals surface area contributed by atoms with Gasteiger partial charge in [-0.15, -0.1) is 0 Å². The standard InChI is InChI=1S/C28H23F3N6O4S/c29-28(30,31)25-15-22(37(34-25)18-9-11-23-20(14-18)26(32)35-41-23)27(38)36-12-4-3-5-17-13-16(8-10-21(17)36)19-6-1-2-7-24(19)42(33,39)40/h1-2,6-11,13-15H,3-5,12H2,(H2,32,35)(H2,33,39,40). The molecular formula is C28H23F3N6O4S. The smallest absolute Gasteiger partial charge is 0.380 e. The SMILES string of the molecule is Nc1noc2ccc(-n3nc(C(F)(F)F)cc3C(=O)N3CCCCc4cc(-c5ccccc5S(N)(=O)=O)ccc43)cc12. The molecule has 0 fully saturated rings. The Morgan fingerprint density at radius 1 is 1.00 bits per heavy atom. The van der Waals surface area contributed by atoms with Gasteiger partial charge >= 0.3 is 6.18 Å². The highest BCUT2D eigenvalue weighted by Gasteiger charge is 2.37. The van der Waals surface area contributed by atoms with Crippen LogP contribution in [0.15, 0.2) is 76.1 Å². The molecule has 3 heterocycles. The van der Waals surface area contributed by atoms with Crippen LogP contribution in [0.5, 0.6) is 0 Å². The molecule has 3 aromatic carbocycles. The van der Waals surface area contributed by atoms with Crippen molar-refractivity contribution in [1.29, 1.82) is 0 Å². The van der Waals surface area contributed by atoms with Crippen molar-refractivity contribution in [3.63, 3.8) is 0 Å². The Morgan fingerprint density at radius 2 is 1.79 bits per heavy atom. The molecule has 0 aliphatic carbocycles. The first-order valence-corrected chi connectivity index (χ1v) is 14.4. The third-order valence-corrected chi connectivity index (χ3v) is 8.11. The molecule has 1 amide bonds. The molecule has 5 aromatic rings. The van der Waals surface area contributed by atoms with Gasteiger partial charge in [0.05, 0.1) is 16.0 Å². The summed E-state index contributed by atoms with van der Waals surface area (Å²) < 4.78 is 71.8. The predicted octanol–water partition coefficient (Wildman–Crippen LogP) is 4.91. The fraction of sp³-hybridized carbons (Fsp3) is 0.179. The number of aryl methyl sites for hydroxylation is 1. The number of sulfonamides is 1. The fourth-order valence-electron chi connectivity index (χ4n) is 5.17. The van der Waals surface area contributed by atoms with E-state index >= 15 is 0 Å². The molecular weight excluding hydrogens is 573 g/mol. The van der Waals surface area contributed by atoms with E-state index in [4.69, 9.17) is 15.4 Å². The average Bonchev–Trinajstić information content (AvgIpc) is 3.50. The number of hydrogen-bond donors (Lipinski definition) is 2. The van der Waals surface area contributed by atoms with Gasteiger partial charge in [-0.1, -0.05) is 29.4 Å². The van der Waals surface area contributed by atoms with Gasteiger partial charge in [-0.05, 0) is 66.8 Å². The van der Waals surface area contributed by atoms with E-state index in [0.717, 1.165) is 16.3 Å². The van der Waals surface area contributed by atoms with E-state index in [1.54, 1.807) is 36.4 Å². The monoisotopic (exact) mass is 596 g/mol. The van der Waals surface area contributed by atoms with Crippen LogP contribution in [0.3, 0.4) is 0 Å². The second kappa shape index (κ2) is 9.99. The molecule has 2 aromatic heterocycles. The molecule has 42 heavy (non-hydrogen) atoms. The summed E-state index contributed by atoms with van der Waals surface area (Å²) in [4.78, 5) is 15.4. The van der Waals surface area contributed by atoms with Crippen LogP contribution >= 0.6 is 0 Å². The number of halogens is 3. The van der Waals surface area contributed by atoms with Gasteiger partial charge in [0.15, 0.2) is 17.1 Å². The Bertz CT molecular complexity index is 1970. The van der Waals surface area contributed by atoms with Crippen LogP contribution in [-0.2, 0) is 22.6 Å². The maximum atomic E-state index is 14.0. The molecule has 6 rings (SSSR count). The number of fused-ring (bicyclic) bond motifs is 2. The second-order valence-corrected chi connectivity index (χ2v) is 11.4. The zero-order valence-corrected chi connectivity index (χ0v) is 22.6. The van der Waals surface area contributed by atoms with Crippen LogP contribution in [-0.4, -0.2) is 35.8 Å².